The van der Waals surface area contributed by atoms with Crippen molar-refractivity contribution in [3.05, 3.63) is 59.7 Å². The van der Waals surface area contributed by atoms with Gasteiger partial charge in [-0.1, -0.05) is 12.1 Å². The molecule has 0 bridgehead atoms. The summed E-state index contributed by atoms with van der Waals surface area (Å²) in [6.45, 7) is 6.18. The number of likely N-dealkylation sites (tertiary alicyclic amines) is 2. The summed E-state index contributed by atoms with van der Waals surface area (Å²) < 4.78 is 95.2. The number of piperidine rings is 1. The summed E-state index contributed by atoms with van der Waals surface area (Å²) in [7, 11) is 0. The lowest BCUT2D eigenvalue weighted by Gasteiger charge is -2.38. The van der Waals surface area contributed by atoms with Crippen LogP contribution in [0.3, 0.4) is 0 Å². The first-order valence-electron chi connectivity index (χ1n) is 13.2. The van der Waals surface area contributed by atoms with Gasteiger partial charge in [0.15, 0.2) is 0 Å². The summed E-state index contributed by atoms with van der Waals surface area (Å²) in [6, 6.07) is 12.1. The molecule has 2 aliphatic heterocycles. The van der Waals surface area contributed by atoms with Crippen molar-refractivity contribution in [1.29, 1.82) is 0 Å². The smallest absolute Gasteiger partial charge is 0.475 e. The van der Waals surface area contributed by atoms with E-state index in [0.29, 0.717) is 12.5 Å². The van der Waals surface area contributed by atoms with E-state index in [9.17, 15) is 44.3 Å². The second-order valence-electron chi connectivity index (χ2n) is 10.1. The van der Waals surface area contributed by atoms with Gasteiger partial charge in [0, 0.05) is 31.5 Å². The van der Waals surface area contributed by atoms with Crippen molar-refractivity contribution in [2.45, 2.75) is 57.8 Å². The molecular weight excluding hydrogens is 663 g/mol. The maximum absolute atomic E-state index is 13.2. The van der Waals surface area contributed by atoms with Crippen molar-refractivity contribution in [1.82, 2.24) is 19.8 Å². The molecule has 2 fully saturated rings. The fourth-order valence-electron chi connectivity index (χ4n) is 4.39. The summed E-state index contributed by atoms with van der Waals surface area (Å²) in [5.74, 6) is -7.96. The Morgan fingerprint density at radius 1 is 0.766 bits per heavy atom. The molecule has 47 heavy (non-hydrogen) atoms. The third-order valence-corrected chi connectivity index (χ3v) is 6.40. The molecule has 2 aliphatic rings. The standard InChI is InChI=1S/C21H26N4O.3C2HF3O2/c1-17-6-4-8-19(23-17)15-25-13-10-21(20(25)26)9-5-12-24(16-21)14-18-7-2-3-11-22-18;3*3-2(4,5)1(6)7/h2-4,6-8,11H,5,9-10,12-16H2,1H3;3*(H,6,7). The number of carboxylic acids is 3. The quantitative estimate of drug-likeness (QED) is 0.383. The molecule has 0 saturated carbocycles. The predicted octanol–water partition coefficient (Wildman–Crippen LogP) is 4.70. The Morgan fingerprint density at radius 3 is 1.72 bits per heavy atom. The molecule has 2 aromatic heterocycles. The zero-order valence-corrected chi connectivity index (χ0v) is 24.4. The zero-order chi connectivity index (χ0) is 36.2. The summed E-state index contributed by atoms with van der Waals surface area (Å²) >= 11 is 0. The lowest BCUT2D eigenvalue weighted by molar-refractivity contribution is -0.193. The molecule has 20 heteroatoms. The van der Waals surface area contributed by atoms with Gasteiger partial charge in [0.05, 0.1) is 23.3 Å². The second kappa shape index (κ2) is 16.9. The van der Waals surface area contributed by atoms with Crippen molar-refractivity contribution >= 4 is 23.8 Å². The van der Waals surface area contributed by atoms with E-state index in [4.69, 9.17) is 29.7 Å². The summed E-state index contributed by atoms with van der Waals surface area (Å²) in [4.78, 5) is 53.3. The fourth-order valence-corrected chi connectivity index (χ4v) is 4.39. The minimum absolute atomic E-state index is 0.211. The number of aliphatic carboxylic acids is 3. The van der Waals surface area contributed by atoms with E-state index < -0.39 is 36.4 Å². The number of hydrogen-bond donors (Lipinski definition) is 3. The van der Waals surface area contributed by atoms with E-state index in [-0.39, 0.29) is 5.41 Å². The average molecular weight is 693 g/mol. The summed E-state index contributed by atoms with van der Waals surface area (Å²) in [5.41, 5.74) is 2.85. The molecule has 1 amide bonds. The molecule has 1 atom stereocenters. The van der Waals surface area contributed by atoms with Crippen molar-refractivity contribution < 1.29 is 74.0 Å². The van der Waals surface area contributed by atoms with E-state index in [2.05, 4.69) is 20.9 Å². The van der Waals surface area contributed by atoms with Gasteiger partial charge < -0.3 is 20.2 Å². The van der Waals surface area contributed by atoms with Gasteiger partial charge in [-0.3, -0.25) is 19.7 Å². The molecule has 2 aromatic rings. The number of carbonyl (C=O) groups excluding carboxylic acids is 1. The van der Waals surface area contributed by atoms with Crippen LogP contribution in [0.15, 0.2) is 42.6 Å². The fraction of sp³-hybridized carbons (Fsp3) is 0.481. The maximum atomic E-state index is 13.2. The predicted molar refractivity (Wildman–Crippen MR) is 141 cm³/mol. The van der Waals surface area contributed by atoms with Crippen LogP contribution in [0, 0.1) is 12.3 Å². The van der Waals surface area contributed by atoms with E-state index in [1.165, 1.54) is 0 Å². The highest BCUT2D eigenvalue weighted by Crippen LogP contribution is 2.41. The van der Waals surface area contributed by atoms with Crippen LogP contribution in [-0.2, 0) is 32.3 Å². The third kappa shape index (κ3) is 14.2. The Hall–Kier alpha value is -4.49. The highest BCUT2D eigenvalue weighted by Gasteiger charge is 2.48. The number of amides is 1. The zero-order valence-electron chi connectivity index (χ0n) is 24.4. The third-order valence-electron chi connectivity index (χ3n) is 6.40. The number of hydrogen-bond acceptors (Lipinski definition) is 7. The Morgan fingerprint density at radius 2 is 1.28 bits per heavy atom. The van der Waals surface area contributed by atoms with E-state index in [1.54, 1.807) is 0 Å². The molecular formula is C27H29F9N4O7. The van der Waals surface area contributed by atoms with Crippen LogP contribution in [0.1, 0.15) is 36.3 Å². The van der Waals surface area contributed by atoms with Gasteiger partial charge in [-0.25, -0.2) is 14.4 Å². The van der Waals surface area contributed by atoms with Gasteiger partial charge in [-0.2, -0.15) is 39.5 Å². The van der Waals surface area contributed by atoms with Crippen molar-refractivity contribution in [3.63, 3.8) is 0 Å². The first kappa shape index (κ1) is 40.5. The van der Waals surface area contributed by atoms with Crippen LogP contribution in [-0.4, -0.2) is 97.1 Å². The van der Waals surface area contributed by atoms with Crippen LogP contribution in [0.5, 0.6) is 0 Å². The minimum atomic E-state index is -5.08. The number of alkyl halides is 9. The molecule has 262 valence electrons. The number of halogens is 9. The first-order valence-corrected chi connectivity index (χ1v) is 13.2. The van der Waals surface area contributed by atoms with Crippen LogP contribution < -0.4 is 0 Å². The van der Waals surface area contributed by atoms with Crippen LogP contribution in [0.25, 0.3) is 0 Å². The molecule has 4 heterocycles. The van der Waals surface area contributed by atoms with Crippen molar-refractivity contribution in [3.8, 4) is 0 Å². The normalized spacial score (nSPS) is 18.2. The molecule has 11 nitrogen and oxygen atoms in total. The monoisotopic (exact) mass is 692 g/mol. The van der Waals surface area contributed by atoms with E-state index >= 15 is 0 Å². The average Bonchev–Trinajstić information content (AvgIpc) is 3.22. The van der Waals surface area contributed by atoms with Gasteiger partial charge >= 0.3 is 36.4 Å². The highest BCUT2D eigenvalue weighted by molar-refractivity contribution is 5.85. The Bertz CT molecular complexity index is 1300. The molecule has 3 N–H and O–H groups in total. The van der Waals surface area contributed by atoms with E-state index in [0.717, 1.165) is 62.5 Å². The van der Waals surface area contributed by atoms with Crippen LogP contribution in [0.4, 0.5) is 39.5 Å². The number of pyridine rings is 2. The van der Waals surface area contributed by atoms with Gasteiger partial charge in [-0.05, 0) is 57.0 Å². The molecule has 1 unspecified atom stereocenters. The van der Waals surface area contributed by atoms with Crippen LogP contribution >= 0.6 is 0 Å². The topological polar surface area (TPSA) is 161 Å². The van der Waals surface area contributed by atoms with Crippen molar-refractivity contribution in [2.75, 3.05) is 19.6 Å². The van der Waals surface area contributed by atoms with Gasteiger partial charge in [0.1, 0.15) is 0 Å². The molecule has 0 aliphatic carbocycles. The summed E-state index contributed by atoms with van der Waals surface area (Å²) in [6.07, 6.45) is -10.4. The number of rotatable bonds is 4. The number of aromatic nitrogens is 2. The second-order valence-corrected chi connectivity index (χ2v) is 10.1. The number of carboxylic acid groups (broad SMARTS) is 3. The highest BCUT2D eigenvalue weighted by atomic mass is 19.4. The Balaban J connectivity index is 0.000000430. The van der Waals surface area contributed by atoms with Gasteiger partial charge in [0.25, 0.3) is 0 Å². The molecule has 2 saturated heterocycles. The van der Waals surface area contributed by atoms with Crippen LogP contribution in [0.2, 0.25) is 0 Å². The maximum Gasteiger partial charge on any atom is 0.490 e. The lowest BCUT2D eigenvalue weighted by Crippen LogP contribution is -2.47. The number of carbonyl (C=O) groups is 4. The number of aryl methyl sites for hydroxylation is 1. The summed E-state index contributed by atoms with van der Waals surface area (Å²) in [5, 5.41) is 21.4. The molecule has 0 aromatic carbocycles. The van der Waals surface area contributed by atoms with Gasteiger partial charge in [0.2, 0.25) is 5.91 Å². The first-order chi connectivity index (χ1) is 21.5. The largest absolute Gasteiger partial charge is 0.490 e. The van der Waals surface area contributed by atoms with Crippen molar-refractivity contribution in [2.24, 2.45) is 5.41 Å². The lowest BCUT2D eigenvalue weighted by atomic mass is 9.78. The molecule has 0 radical (unpaired) electrons. The number of nitrogens with zero attached hydrogens (tertiary/aromatic N) is 4. The molecule has 1 spiro atoms. The Kier molecular flexibility index (Phi) is 14.6. The Labute approximate surface area is 260 Å². The van der Waals surface area contributed by atoms with E-state index in [1.807, 2.05) is 48.4 Å². The minimum Gasteiger partial charge on any atom is -0.475 e. The SMILES string of the molecule is Cc1cccc(CN2CCC3(CCCN(Cc4ccccn4)C3)C2=O)n1.O=C(O)C(F)(F)F.O=C(O)C(F)(F)F.O=C(O)C(F)(F)F. The van der Waals surface area contributed by atoms with Gasteiger partial charge in [-0.15, -0.1) is 0 Å². The molecule has 4 rings (SSSR count).